The Hall–Kier alpha value is -3.65. The van der Waals surface area contributed by atoms with E-state index in [1.54, 1.807) is 14.2 Å². The number of hydrogen-bond acceptors (Lipinski definition) is 6. The van der Waals surface area contributed by atoms with Gasteiger partial charge in [-0.2, -0.15) is 0 Å². The zero-order valence-corrected chi connectivity index (χ0v) is 19.9. The fourth-order valence-corrected chi connectivity index (χ4v) is 5.53. The second-order valence-electron chi connectivity index (χ2n) is 8.23. The lowest BCUT2D eigenvalue weighted by atomic mass is 10.0. The number of thiophene rings is 1. The quantitative estimate of drug-likeness (QED) is 0.410. The third-order valence-electron chi connectivity index (χ3n) is 6.25. The van der Waals surface area contributed by atoms with Crippen LogP contribution in [0.2, 0.25) is 0 Å². The van der Waals surface area contributed by atoms with Crippen LogP contribution in [0, 0.1) is 0 Å². The van der Waals surface area contributed by atoms with Gasteiger partial charge in [-0.3, -0.25) is 14.2 Å². The van der Waals surface area contributed by atoms with Crippen molar-refractivity contribution < 1.29 is 14.3 Å². The molecule has 1 aliphatic rings. The molecule has 174 valence electrons. The summed E-state index contributed by atoms with van der Waals surface area (Å²) in [5, 5.41) is 0.536. The van der Waals surface area contributed by atoms with Gasteiger partial charge in [0.2, 0.25) is 5.91 Å². The van der Waals surface area contributed by atoms with Crippen molar-refractivity contribution in [2.45, 2.75) is 25.4 Å². The minimum atomic E-state index is -0.199. The smallest absolute Gasteiger partial charge is 0.262 e. The molecule has 1 fully saturated rings. The first-order valence-electron chi connectivity index (χ1n) is 11.1. The molecule has 3 heterocycles. The van der Waals surface area contributed by atoms with Gasteiger partial charge in [0, 0.05) is 23.1 Å². The van der Waals surface area contributed by atoms with Gasteiger partial charge in [0.15, 0.2) is 0 Å². The SMILES string of the molecule is COc1ccc([C@H]2CCCN2C(=O)Cn2cnc3sc(-c4ccccc4)cc3c2=O)c(OC)c1. The summed E-state index contributed by atoms with van der Waals surface area (Å²) in [6.07, 6.45) is 3.21. The molecule has 0 N–H and O–H groups in total. The van der Waals surface area contributed by atoms with E-state index in [0.717, 1.165) is 28.8 Å². The highest BCUT2D eigenvalue weighted by Gasteiger charge is 2.32. The monoisotopic (exact) mass is 475 g/mol. The number of methoxy groups -OCH3 is 2. The van der Waals surface area contributed by atoms with Gasteiger partial charge in [-0.25, -0.2) is 4.98 Å². The van der Waals surface area contributed by atoms with E-state index in [1.807, 2.05) is 59.5 Å². The van der Waals surface area contributed by atoms with Crippen LogP contribution < -0.4 is 15.0 Å². The van der Waals surface area contributed by atoms with E-state index in [4.69, 9.17) is 9.47 Å². The highest BCUT2D eigenvalue weighted by atomic mass is 32.1. The van der Waals surface area contributed by atoms with Crippen molar-refractivity contribution in [1.82, 2.24) is 14.5 Å². The number of ether oxygens (including phenoxy) is 2. The van der Waals surface area contributed by atoms with Crippen LogP contribution in [0.5, 0.6) is 11.5 Å². The third-order valence-corrected chi connectivity index (χ3v) is 7.35. The van der Waals surface area contributed by atoms with Crippen molar-refractivity contribution in [2.24, 2.45) is 0 Å². The number of fused-ring (bicyclic) bond motifs is 1. The average Bonchev–Trinajstić information content (AvgIpc) is 3.54. The van der Waals surface area contributed by atoms with Crippen molar-refractivity contribution in [3.8, 4) is 21.9 Å². The molecule has 0 radical (unpaired) electrons. The van der Waals surface area contributed by atoms with Crippen LogP contribution in [0.25, 0.3) is 20.7 Å². The standard InChI is InChI=1S/C26H25N3O4S/c1-32-18-10-11-19(22(13-18)33-2)21-9-6-12-29(21)24(30)15-28-16-27-25-20(26(28)31)14-23(34-25)17-7-4-3-5-8-17/h3-5,7-8,10-11,13-14,16,21H,6,9,12,15H2,1-2H3/t21-/m1/s1. The maximum atomic E-state index is 13.3. The van der Waals surface area contributed by atoms with Crippen LogP contribution in [0.15, 0.2) is 65.7 Å². The molecule has 1 aliphatic heterocycles. The molecular weight excluding hydrogens is 450 g/mol. The van der Waals surface area contributed by atoms with Gasteiger partial charge < -0.3 is 14.4 Å². The van der Waals surface area contributed by atoms with E-state index >= 15 is 0 Å². The predicted molar refractivity (Wildman–Crippen MR) is 133 cm³/mol. The molecule has 7 nitrogen and oxygen atoms in total. The molecule has 0 aliphatic carbocycles. The van der Waals surface area contributed by atoms with Gasteiger partial charge >= 0.3 is 0 Å². The zero-order chi connectivity index (χ0) is 23.7. The van der Waals surface area contributed by atoms with Gasteiger partial charge in [-0.1, -0.05) is 30.3 Å². The van der Waals surface area contributed by atoms with E-state index in [0.29, 0.717) is 28.3 Å². The number of hydrogen-bond donors (Lipinski definition) is 0. The van der Waals surface area contributed by atoms with E-state index in [-0.39, 0.29) is 24.1 Å². The maximum absolute atomic E-state index is 13.3. The van der Waals surface area contributed by atoms with E-state index < -0.39 is 0 Å². The fraction of sp³-hybridized carbons (Fsp3) is 0.269. The van der Waals surface area contributed by atoms with Crippen molar-refractivity contribution >= 4 is 27.5 Å². The highest BCUT2D eigenvalue weighted by Crippen LogP contribution is 2.39. The molecule has 1 saturated heterocycles. The van der Waals surface area contributed by atoms with Gasteiger partial charge in [0.25, 0.3) is 5.56 Å². The molecule has 0 unspecified atom stereocenters. The summed E-state index contributed by atoms with van der Waals surface area (Å²) in [6.45, 7) is 0.590. The molecule has 0 bridgehead atoms. The molecule has 0 spiro atoms. The van der Waals surface area contributed by atoms with Crippen LogP contribution in [-0.2, 0) is 11.3 Å². The van der Waals surface area contributed by atoms with Crippen molar-refractivity contribution in [3.63, 3.8) is 0 Å². The Morgan fingerprint density at radius 3 is 2.71 bits per heavy atom. The molecular formula is C26H25N3O4S. The lowest BCUT2D eigenvalue weighted by Crippen LogP contribution is -2.36. The summed E-state index contributed by atoms with van der Waals surface area (Å²) >= 11 is 1.48. The van der Waals surface area contributed by atoms with Crippen LogP contribution in [0.3, 0.4) is 0 Å². The van der Waals surface area contributed by atoms with Crippen LogP contribution in [0.1, 0.15) is 24.4 Å². The molecule has 5 rings (SSSR count). The van der Waals surface area contributed by atoms with Crippen LogP contribution in [-0.4, -0.2) is 41.1 Å². The maximum Gasteiger partial charge on any atom is 0.262 e. The van der Waals surface area contributed by atoms with E-state index in [2.05, 4.69) is 4.98 Å². The third kappa shape index (κ3) is 4.05. The summed E-state index contributed by atoms with van der Waals surface area (Å²) in [5.74, 6) is 1.28. The fourth-order valence-electron chi connectivity index (χ4n) is 4.54. The number of nitrogens with zero attached hydrogens (tertiary/aromatic N) is 3. The first kappa shape index (κ1) is 22.2. The lowest BCUT2D eigenvalue weighted by Gasteiger charge is -2.27. The Balaban J connectivity index is 1.41. The first-order chi connectivity index (χ1) is 16.6. The number of aromatic nitrogens is 2. The molecule has 1 atom stereocenters. The summed E-state index contributed by atoms with van der Waals surface area (Å²) in [7, 11) is 3.23. The molecule has 34 heavy (non-hydrogen) atoms. The second-order valence-corrected chi connectivity index (χ2v) is 9.26. The number of amides is 1. The minimum Gasteiger partial charge on any atom is -0.497 e. The summed E-state index contributed by atoms with van der Waals surface area (Å²) < 4.78 is 12.3. The van der Waals surface area contributed by atoms with Gasteiger partial charge in [-0.05, 0) is 36.6 Å². The summed E-state index contributed by atoms with van der Waals surface area (Å²) in [4.78, 5) is 34.4. The van der Waals surface area contributed by atoms with Crippen LogP contribution in [0.4, 0.5) is 0 Å². The molecule has 8 heteroatoms. The predicted octanol–water partition coefficient (Wildman–Crippen LogP) is 4.51. The van der Waals surface area contributed by atoms with Gasteiger partial charge in [-0.15, -0.1) is 11.3 Å². The Bertz CT molecular complexity index is 1400. The topological polar surface area (TPSA) is 73.7 Å². The number of likely N-dealkylation sites (tertiary alicyclic amines) is 1. The largest absolute Gasteiger partial charge is 0.497 e. The average molecular weight is 476 g/mol. The molecule has 1 amide bonds. The Morgan fingerprint density at radius 2 is 1.94 bits per heavy atom. The Labute approximate surface area is 201 Å². The summed E-state index contributed by atoms with van der Waals surface area (Å²) in [6, 6.07) is 17.3. The molecule has 2 aromatic carbocycles. The minimum absolute atomic E-state index is 0.0484. The van der Waals surface area contributed by atoms with Crippen LogP contribution >= 0.6 is 11.3 Å². The molecule has 0 saturated carbocycles. The van der Waals surface area contributed by atoms with E-state index in [1.165, 1.54) is 22.2 Å². The highest BCUT2D eigenvalue weighted by molar-refractivity contribution is 7.21. The molecule has 2 aromatic heterocycles. The molecule has 4 aromatic rings. The Morgan fingerprint density at radius 1 is 1.12 bits per heavy atom. The zero-order valence-electron chi connectivity index (χ0n) is 19.1. The van der Waals surface area contributed by atoms with Gasteiger partial charge in [0.05, 0.1) is 32.0 Å². The van der Waals surface area contributed by atoms with Crippen molar-refractivity contribution in [3.05, 3.63) is 76.8 Å². The lowest BCUT2D eigenvalue weighted by molar-refractivity contribution is -0.132. The van der Waals surface area contributed by atoms with E-state index in [9.17, 15) is 9.59 Å². The number of rotatable bonds is 6. The van der Waals surface area contributed by atoms with Crippen molar-refractivity contribution in [2.75, 3.05) is 20.8 Å². The normalized spacial score (nSPS) is 15.6. The van der Waals surface area contributed by atoms with Crippen molar-refractivity contribution in [1.29, 1.82) is 0 Å². The number of carbonyl (C=O) groups excluding carboxylic acids is 1. The second kappa shape index (κ2) is 9.30. The summed E-state index contributed by atoms with van der Waals surface area (Å²) in [5.41, 5.74) is 1.79. The van der Waals surface area contributed by atoms with Gasteiger partial charge in [0.1, 0.15) is 22.9 Å². The number of carbonyl (C=O) groups is 1. The Kier molecular flexibility index (Phi) is 6.06. The first-order valence-corrected chi connectivity index (χ1v) is 12.0. The number of benzene rings is 2.